The van der Waals surface area contributed by atoms with E-state index in [1.807, 2.05) is 30.3 Å². The largest absolute Gasteiger partial charge is 0.469 e. The molecule has 2 bridgehead atoms. The summed E-state index contributed by atoms with van der Waals surface area (Å²) in [6, 6.07) is 9.77. The second-order valence-corrected chi connectivity index (χ2v) is 7.34. The molecule has 3 fully saturated rings. The molecular formula is C16H16O4S. The summed E-state index contributed by atoms with van der Waals surface area (Å²) >= 11 is 1.49. The van der Waals surface area contributed by atoms with E-state index >= 15 is 0 Å². The van der Waals surface area contributed by atoms with Crippen LogP contribution in [-0.2, 0) is 19.1 Å². The van der Waals surface area contributed by atoms with Gasteiger partial charge in [-0.25, -0.2) is 0 Å². The molecule has 1 aliphatic heterocycles. The topological polar surface area (TPSA) is 52.6 Å². The molecule has 5 atom stereocenters. The summed E-state index contributed by atoms with van der Waals surface area (Å²) in [7, 11) is 1.40. The van der Waals surface area contributed by atoms with Gasteiger partial charge in [0.25, 0.3) is 0 Å². The number of fused-ring (bicyclic) bond motifs is 1. The number of carbonyl (C=O) groups excluding carboxylic acids is 2. The number of carbonyl (C=O) groups is 2. The lowest BCUT2D eigenvalue weighted by Crippen LogP contribution is -2.47. The molecule has 0 aromatic heterocycles. The van der Waals surface area contributed by atoms with Gasteiger partial charge in [-0.2, -0.15) is 0 Å². The molecule has 1 saturated heterocycles. The van der Waals surface area contributed by atoms with Crippen molar-refractivity contribution >= 4 is 23.7 Å². The van der Waals surface area contributed by atoms with Crippen LogP contribution in [0.2, 0.25) is 0 Å². The molecule has 0 radical (unpaired) electrons. The molecule has 110 valence electrons. The Labute approximate surface area is 127 Å². The van der Waals surface area contributed by atoms with Crippen LogP contribution in [0.3, 0.4) is 0 Å². The van der Waals surface area contributed by atoms with Crippen LogP contribution in [-0.4, -0.2) is 29.9 Å². The maximum absolute atomic E-state index is 12.6. The molecule has 2 aliphatic carbocycles. The van der Waals surface area contributed by atoms with Crippen LogP contribution in [0.15, 0.2) is 35.2 Å². The van der Waals surface area contributed by atoms with Crippen molar-refractivity contribution in [1.29, 1.82) is 0 Å². The zero-order valence-electron chi connectivity index (χ0n) is 11.7. The molecule has 0 unspecified atom stereocenters. The van der Waals surface area contributed by atoms with E-state index in [-0.39, 0.29) is 35.8 Å². The van der Waals surface area contributed by atoms with Gasteiger partial charge in [-0.05, 0) is 30.9 Å². The van der Waals surface area contributed by atoms with Gasteiger partial charge in [0, 0.05) is 10.8 Å². The summed E-state index contributed by atoms with van der Waals surface area (Å²) < 4.78 is 9.77. The van der Waals surface area contributed by atoms with E-state index in [9.17, 15) is 9.59 Å². The molecule has 5 heteroatoms. The fraction of sp³-hybridized carbons (Fsp3) is 0.500. The normalized spacial score (nSPS) is 39.4. The second kappa shape index (κ2) is 4.50. The van der Waals surface area contributed by atoms with E-state index in [0.717, 1.165) is 17.7 Å². The highest BCUT2D eigenvalue weighted by Gasteiger charge is 2.74. The van der Waals surface area contributed by atoms with Crippen molar-refractivity contribution in [3.63, 3.8) is 0 Å². The van der Waals surface area contributed by atoms with Gasteiger partial charge in [-0.1, -0.05) is 18.2 Å². The highest BCUT2D eigenvalue weighted by molar-refractivity contribution is 8.01. The monoisotopic (exact) mass is 304 g/mol. The summed E-state index contributed by atoms with van der Waals surface area (Å²) in [5, 5.41) is 0. The van der Waals surface area contributed by atoms with Crippen LogP contribution in [0.5, 0.6) is 0 Å². The maximum atomic E-state index is 12.6. The van der Waals surface area contributed by atoms with Crippen molar-refractivity contribution in [3.8, 4) is 0 Å². The average molecular weight is 304 g/mol. The van der Waals surface area contributed by atoms with Crippen LogP contribution >= 0.6 is 11.8 Å². The molecule has 4 rings (SSSR count). The highest BCUT2D eigenvalue weighted by atomic mass is 32.2. The van der Waals surface area contributed by atoms with Crippen molar-refractivity contribution in [2.24, 2.45) is 17.8 Å². The van der Waals surface area contributed by atoms with E-state index in [0.29, 0.717) is 0 Å². The lowest BCUT2D eigenvalue weighted by molar-refractivity contribution is -0.152. The van der Waals surface area contributed by atoms with E-state index in [1.54, 1.807) is 0 Å². The molecule has 0 spiro atoms. The summed E-state index contributed by atoms with van der Waals surface area (Å²) in [5.41, 5.74) is 0. The lowest BCUT2D eigenvalue weighted by atomic mass is 9.79. The molecule has 4 nitrogen and oxygen atoms in total. The van der Waals surface area contributed by atoms with Gasteiger partial charge in [0.1, 0.15) is 10.9 Å². The number of hydrogen-bond donors (Lipinski definition) is 0. The third kappa shape index (κ3) is 1.64. The van der Waals surface area contributed by atoms with Crippen molar-refractivity contribution in [1.82, 2.24) is 0 Å². The van der Waals surface area contributed by atoms with E-state index in [1.165, 1.54) is 18.9 Å². The Bertz CT molecular complexity index is 602. The minimum absolute atomic E-state index is 0.0142. The van der Waals surface area contributed by atoms with Gasteiger partial charge in [0.2, 0.25) is 0 Å². The summed E-state index contributed by atoms with van der Waals surface area (Å²) in [5.74, 6) is -0.562. The van der Waals surface area contributed by atoms with Gasteiger partial charge in [0.05, 0.1) is 13.0 Å². The van der Waals surface area contributed by atoms with E-state index in [2.05, 4.69) is 0 Å². The van der Waals surface area contributed by atoms with Gasteiger partial charge in [0.15, 0.2) is 0 Å². The van der Waals surface area contributed by atoms with Crippen molar-refractivity contribution in [3.05, 3.63) is 30.3 Å². The van der Waals surface area contributed by atoms with Crippen LogP contribution in [0, 0.1) is 17.8 Å². The Morgan fingerprint density at radius 2 is 2.10 bits per heavy atom. The average Bonchev–Trinajstić information content (AvgIpc) is 3.07. The van der Waals surface area contributed by atoms with Crippen molar-refractivity contribution < 1.29 is 19.1 Å². The van der Waals surface area contributed by atoms with Crippen molar-refractivity contribution in [2.75, 3.05) is 7.11 Å². The number of esters is 2. The Hall–Kier alpha value is -1.49. The predicted molar refractivity (Wildman–Crippen MR) is 76.6 cm³/mol. The molecule has 0 amide bonds. The van der Waals surface area contributed by atoms with E-state index in [4.69, 9.17) is 9.47 Å². The Morgan fingerprint density at radius 1 is 1.33 bits per heavy atom. The predicted octanol–water partition coefficient (Wildman–Crippen LogP) is 2.27. The molecule has 0 N–H and O–H groups in total. The summed E-state index contributed by atoms with van der Waals surface area (Å²) in [4.78, 5) is 25.9. The minimum Gasteiger partial charge on any atom is -0.469 e. The molecule has 2 saturated carbocycles. The number of methoxy groups -OCH3 is 1. The fourth-order valence-electron chi connectivity index (χ4n) is 4.34. The number of thioether (sulfide) groups is 1. The number of hydrogen-bond acceptors (Lipinski definition) is 5. The quantitative estimate of drug-likeness (QED) is 0.802. The third-order valence-corrected chi connectivity index (χ3v) is 6.66. The van der Waals surface area contributed by atoms with Crippen LogP contribution < -0.4 is 0 Å². The first-order valence-electron chi connectivity index (χ1n) is 7.20. The molecule has 1 aromatic rings. The second-order valence-electron chi connectivity index (χ2n) is 5.99. The van der Waals surface area contributed by atoms with Gasteiger partial charge >= 0.3 is 11.9 Å². The Morgan fingerprint density at radius 3 is 2.81 bits per heavy atom. The van der Waals surface area contributed by atoms with Gasteiger partial charge < -0.3 is 9.47 Å². The molecule has 1 heterocycles. The number of benzene rings is 1. The smallest absolute Gasteiger partial charge is 0.324 e. The Balaban J connectivity index is 1.78. The SMILES string of the molecule is COC(=O)[C@@H]1[C@H]2C[C@@H]3OC(=O)[C@@]1(Sc1ccccc1)[C@H]3C2. The number of ether oxygens (including phenoxy) is 2. The highest BCUT2D eigenvalue weighted by Crippen LogP contribution is 2.66. The van der Waals surface area contributed by atoms with Gasteiger partial charge in [-0.15, -0.1) is 11.8 Å². The number of rotatable bonds is 3. The standard InChI is InChI=1S/C16H16O4S/c1-19-14(17)13-9-7-11-12(8-9)20-15(18)16(11,13)21-10-5-3-2-4-6-10/h2-6,9,11-13H,7-8H2,1H3/t9-,11+,12+,13+,16-/m1/s1. The lowest BCUT2D eigenvalue weighted by Gasteiger charge is -2.33. The molecule has 3 aliphatic rings. The summed E-state index contributed by atoms with van der Waals surface area (Å²) in [6.07, 6.45) is 1.67. The zero-order valence-corrected chi connectivity index (χ0v) is 12.5. The third-order valence-electron chi connectivity index (χ3n) is 5.09. The van der Waals surface area contributed by atoms with Gasteiger partial charge in [-0.3, -0.25) is 9.59 Å². The first-order valence-corrected chi connectivity index (χ1v) is 8.01. The summed E-state index contributed by atoms with van der Waals surface area (Å²) in [6.45, 7) is 0. The molecule has 1 aromatic carbocycles. The minimum atomic E-state index is -0.790. The fourth-order valence-corrected chi connectivity index (χ4v) is 5.97. The first-order chi connectivity index (χ1) is 10.2. The first kappa shape index (κ1) is 13.2. The van der Waals surface area contributed by atoms with Crippen LogP contribution in [0.4, 0.5) is 0 Å². The van der Waals surface area contributed by atoms with Crippen LogP contribution in [0.25, 0.3) is 0 Å². The van der Waals surface area contributed by atoms with Crippen LogP contribution in [0.1, 0.15) is 12.8 Å². The Kier molecular flexibility index (Phi) is 2.83. The zero-order chi connectivity index (χ0) is 14.6. The van der Waals surface area contributed by atoms with E-state index < -0.39 is 4.75 Å². The van der Waals surface area contributed by atoms with Crippen molar-refractivity contribution in [2.45, 2.75) is 28.6 Å². The maximum Gasteiger partial charge on any atom is 0.324 e. The molecular weight excluding hydrogens is 288 g/mol. The molecule has 21 heavy (non-hydrogen) atoms.